The lowest BCUT2D eigenvalue weighted by molar-refractivity contribution is -0.120. The van der Waals surface area contributed by atoms with E-state index in [-0.39, 0.29) is 17.8 Å². The number of benzene rings is 1. The minimum absolute atomic E-state index is 0.00860. The molecule has 1 aromatic carbocycles. The Morgan fingerprint density at radius 1 is 1.38 bits per heavy atom. The molecule has 1 aliphatic rings. The highest BCUT2D eigenvalue weighted by atomic mass is 35.5. The number of hydrogen-bond donors (Lipinski definition) is 1. The van der Waals surface area contributed by atoms with Gasteiger partial charge >= 0.3 is 0 Å². The average Bonchev–Trinajstić information content (AvgIpc) is 3.48. The molecule has 1 atom stereocenters. The molecule has 1 amide bonds. The molecule has 9 heteroatoms. The number of nitrogens with one attached hydrogen (secondary N) is 1. The van der Waals surface area contributed by atoms with Gasteiger partial charge in [0.25, 0.3) is 0 Å². The van der Waals surface area contributed by atoms with Gasteiger partial charge in [0, 0.05) is 25.8 Å². The first-order valence-corrected chi connectivity index (χ1v) is 11.2. The smallest absolute Gasteiger partial charge is 0.233 e. The number of para-hydroxylation sites is 1. The highest BCUT2D eigenvalue weighted by Crippen LogP contribution is 2.39. The van der Waals surface area contributed by atoms with E-state index < -0.39 is 0 Å². The van der Waals surface area contributed by atoms with E-state index >= 15 is 0 Å². The van der Waals surface area contributed by atoms with Gasteiger partial charge in [0.1, 0.15) is 12.4 Å². The largest absolute Gasteiger partial charge is 0.484 e. The number of amides is 1. The fourth-order valence-electron chi connectivity index (χ4n) is 2.78. The topological polar surface area (TPSA) is 78.3 Å². The predicted molar refractivity (Wildman–Crippen MR) is 114 cm³/mol. The first-order chi connectivity index (χ1) is 14.1. The van der Waals surface area contributed by atoms with Crippen molar-refractivity contribution in [2.75, 3.05) is 19.8 Å². The van der Waals surface area contributed by atoms with Gasteiger partial charge in [-0.1, -0.05) is 35.5 Å². The number of thioether (sulfide) groups is 1. The van der Waals surface area contributed by atoms with Gasteiger partial charge in [-0.3, -0.25) is 9.36 Å². The Bertz CT molecular complexity index is 813. The van der Waals surface area contributed by atoms with E-state index in [1.54, 1.807) is 6.07 Å². The van der Waals surface area contributed by atoms with Crippen molar-refractivity contribution in [2.45, 2.75) is 56.2 Å². The summed E-state index contributed by atoms with van der Waals surface area (Å²) < 4.78 is 13.2. The molecule has 1 aliphatic carbocycles. The van der Waals surface area contributed by atoms with Crippen LogP contribution in [-0.4, -0.2) is 45.7 Å². The van der Waals surface area contributed by atoms with Crippen molar-refractivity contribution in [3.63, 3.8) is 0 Å². The summed E-state index contributed by atoms with van der Waals surface area (Å²) in [4.78, 5) is 12.4. The van der Waals surface area contributed by atoms with Crippen molar-refractivity contribution in [3.8, 4) is 5.75 Å². The molecule has 1 fully saturated rings. The highest BCUT2D eigenvalue weighted by molar-refractivity contribution is 8.00. The van der Waals surface area contributed by atoms with Gasteiger partial charge in [0.2, 0.25) is 5.91 Å². The van der Waals surface area contributed by atoms with Gasteiger partial charge in [-0.15, -0.1) is 10.2 Å². The van der Waals surface area contributed by atoms with Gasteiger partial charge in [0.15, 0.2) is 11.0 Å². The third-order valence-corrected chi connectivity index (χ3v) is 5.83. The van der Waals surface area contributed by atoms with Crippen LogP contribution in [0.3, 0.4) is 0 Å². The van der Waals surface area contributed by atoms with Crippen molar-refractivity contribution in [3.05, 3.63) is 35.1 Å². The number of nitrogens with zero attached hydrogens (tertiary/aromatic N) is 3. The molecule has 3 rings (SSSR count). The van der Waals surface area contributed by atoms with Crippen molar-refractivity contribution >= 4 is 29.3 Å². The summed E-state index contributed by atoms with van der Waals surface area (Å²) in [6.45, 7) is 6.08. The van der Waals surface area contributed by atoms with Crippen LogP contribution in [0.2, 0.25) is 5.02 Å². The summed E-state index contributed by atoms with van der Waals surface area (Å²) in [5, 5.41) is 12.6. The van der Waals surface area contributed by atoms with Gasteiger partial charge in [-0.2, -0.15) is 0 Å². The Kier molecular flexibility index (Phi) is 8.20. The summed E-state index contributed by atoms with van der Waals surface area (Å²) in [6.07, 6.45) is 2.98. The fraction of sp³-hybridized carbons (Fsp3) is 0.550. The summed E-state index contributed by atoms with van der Waals surface area (Å²) in [5.41, 5.74) is 0. The van der Waals surface area contributed by atoms with Crippen LogP contribution in [0.5, 0.6) is 5.75 Å². The molecule has 158 valence electrons. The third-order valence-electron chi connectivity index (χ3n) is 4.46. The molecule has 0 radical (unpaired) electrons. The Morgan fingerprint density at radius 2 is 2.17 bits per heavy atom. The molecule has 0 aliphatic heterocycles. The second-order valence-electron chi connectivity index (χ2n) is 6.82. The quantitative estimate of drug-likeness (QED) is 0.400. The summed E-state index contributed by atoms with van der Waals surface area (Å²) in [7, 11) is 0. The van der Waals surface area contributed by atoms with Crippen LogP contribution >= 0.6 is 23.4 Å². The lowest BCUT2D eigenvalue weighted by Gasteiger charge is -2.14. The monoisotopic (exact) mass is 438 g/mol. The molecule has 29 heavy (non-hydrogen) atoms. The molecule has 7 nitrogen and oxygen atoms in total. The molecular weight excluding hydrogens is 412 g/mol. The zero-order valence-electron chi connectivity index (χ0n) is 16.8. The molecular formula is C20H27ClN4O3S. The standard InChI is InChI=1S/C20H27ClN4O3S/c1-3-27-12-6-11-22-19(26)14(2)29-20-24-23-18(25(20)15-9-10-15)13-28-17-8-5-4-7-16(17)21/h4-5,7-8,14-15H,3,6,9-13H2,1-2H3,(H,22,26). The van der Waals surface area contributed by atoms with E-state index in [1.165, 1.54) is 11.8 Å². The normalized spacial score (nSPS) is 14.6. The molecule has 1 heterocycles. The zero-order valence-corrected chi connectivity index (χ0v) is 18.3. The Hall–Kier alpha value is -1.77. The highest BCUT2D eigenvalue weighted by Gasteiger charge is 2.31. The Morgan fingerprint density at radius 3 is 2.90 bits per heavy atom. The van der Waals surface area contributed by atoms with Gasteiger partial charge < -0.3 is 14.8 Å². The predicted octanol–water partition coefficient (Wildman–Crippen LogP) is 3.87. The van der Waals surface area contributed by atoms with E-state index in [2.05, 4.69) is 20.1 Å². The number of hydrogen-bond acceptors (Lipinski definition) is 6. The molecule has 2 aromatic rings. The molecule has 0 bridgehead atoms. The number of carbonyl (C=O) groups excluding carboxylic acids is 1. The van der Waals surface area contributed by atoms with Crippen molar-refractivity contribution in [2.24, 2.45) is 0 Å². The van der Waals surface area contributed by atoms with Crippen LogP contribution in [-0.2, 0) is 16.1 Å². The van der Waals surface area contributed by atoms with Crippen LogP contribution in [0, 0.1) is 0 Å². The van der Waals surface area contributed by atoms with Crippen LogP contribution in [0.1, 0.15) is 45.0 Å². The number of rotatable bonds is 12. The van der Waals surface area contributed by atoms with E-state index in [4.69, 9.17) is 21.1 Å². The number of aromatic nitrogens is 3. The Labute approximate surface area is 180 Å². The number of carbonyl (C=O) groups is 1. The zero-order chi connectivity index (χ0) is 20.6. The maximum absolute atomic E-state index is 12.4. The van der Waals surface area contributed by atoms with E-state index in [1.807, 2.05) is 32.0 Å². The summed E-state index contributed by atoms with van der Waals surface area (Å²) >= 11 is 7.58. The number of halogens is 1. The van der Waals surface area contributed by atoms with Crippen LogP contribution in [0.15, 0.2) is 29.4 Å². The van der Waals surface area contributed by atoms with E-state index in [0.29, 0.717) is 36.6 Å². The first kappa shape index (κ1) is 21.9. The van der Waals surface area contributed by atoms with Crippen molar-refractivity contribution in [1.82, 2.24) is 20.1 Å². The molecule has 1 saturated carbocycles. The van der Waals surface area contributed by atoms with Gasteiger partial charge in [-0.05, 0) is 45.2 Å². The lowest BCUT2D eigenvalue weighted by atomic mass is 10.3. The summed E-state index contributed by atoms with van der Waals surface area (Å²) in [6, 6.07) is 7.73. The molecule has 1 N–H and O–H groups in total. The van der Waals surface area contributed by atoms with Crippen LogP contribution in [0.4, 0.5) is 0 Å². The molecule has 1 aromatic heterocycles. The first-order valence-electron chi connectivity index (χ1n) is 9.93. The van der Waals surface area contributed by atoms with Gasteiger partial charge in [-0.25, -0.2) is 0 Å². The lowest BCUT2D eigenvalue weighted by Crippen LogP contribution is -2.32. The van der Waals surface area contributed by atoms with E-state index in [9.17, 15) is 4.79 Å². The average molecular weight is 439 g/mol. The number of ether oxygens (including phenoxy) is 2. The Balaban J connectivity index is 1.57. The maximum atomic E-state index is 12.4. The van der Waals surface area contributed by atoms with Crippen LogP contribution in [0.25, 0.3) is 0 Å². The van der Waals surface area contributed by atoms with Crippen LogP contribution < -0.4 is 10.1 Å². The van der Waals surface area contributed by atoms with E-state index in [0.717, 1.165) is 30.2 Å². The second-order valence-corrected chi connectivity index (χ2v) is 8.54. The van der Waals surface area contributed by atoms with Crippen molar-refractivity contribution in [1.29, 1.82) is 0 Å². The minimum Gasteiger partial charge on any atom is -0.484 e. The third kappa shape index (κ3) is 6.35. The van der Waals surface area contributed by atoms with Gasteiger partial charge in [0.05, 0.1) is 10.3 Å². The maximum Gasteiger partial charge on any atom is 0.233 e. The minimum atomic E-state index is -0.263. The fourth-order valence-corrected chi connectivity index (χ4v) is 3.93. The molecule has 1 unspecified atom stereocenters. The van der Waals surface area contributed by atoms with Crippen molar-refractivity contribution < 1.29 is 14.3 Å². The second kappa shape index (κ2) is 10.8. The SMILES string of the molecule is CCOCCCNC(=O)C(C)Sc1nnc(COc2ccccc2Cl)n1C1CC1. The molecule has 0 saturated heterocycles. The molecule has 0 spiro atoms. The summed E-state index contributed by atoms with van der Waals surface area (Å²) in [5.74, 6) is 1.36.